The van der Waals surface area contributed by atoms with E-state index < -0.39 is 0 Å². The molecule has 1 N–H and O–H groups in total. The van der Waals surface area contributed by atoms with Gasteiger partial charge in [-0.1, -0.05) is 6.92 Å². The molecule has 1 unspecified atom stereocenters. The molecule has 0 saturated carbocycles. The van der Waals surface area contributed by atoms with E-state index in [1.807, 2.05) is 19.1 Å². The molecule has 0 aromatic carbocycles. The van der Waals surface area contributed by atoms with Gasteiger partial charge in [0, 0.05) is 37.2 Å². The van der Waals surface area contributed by atoms with E-state index >= 15 is 0 Å². The fourth-order valence-electron chi connectivity index (χ4n) is 3.26. The van der Waals surface area contributed by atoms with Crippen molar-refractivity contribution >= 4 is 11.9 Å². The van der Waals surface area contributed by atoms with Gasteiger partial charge >= 0.3 is 0 Å². The van der Waals surface area contributed by atoms with E-state index in [0.717, 1.165) is 37.1 Å². The van der Waals surface area contributed by atoms with E-state index in [1.165, 1.54) is 6.42 Å². The third-order valence-electron chi connectivity index (χ3n) is 4.63. The van der Waals surface area contributed by atoms with Crippen LogP contribution in [0.15, 0.2) is 30.6 Å². The average Bonchev–Trinajstić information content (AvgIpc) is 2.66. The summed E-state index contributed by atoms with van der Waals surface area (Å²) < 4.78 is 0. The van der Waals surface area contributed by atoms with Crippen molar-refractivity contribution < 1.29 is 4.79 Å². The summed E-state index contributed by atoms with van der Waals surface area (Å²) in [7, 11) is 0. The molecule has 1 atom stereocenters. The minimum Gasteiger partial charge on any atom is -0.347 e. The van der Waals surface area contributed by atoms with Gasteiger partial charge in [0.25, 0.3) is 5.91 Å². The normalized spacial score (nSPS) is 17.4. The highest BCUT2D eigenvalue weighted by molar-refractivity contribution is 5.92. The highest BCUT2D eigenvalue weighted by atomic mass is 16.1. The lowest BCUT2D eigenvalue weighted by atomic mass is 10.0. The summed E-state index contributed by atoms with van der Waals surface area (Å²) in [6.07, 6.45) is 8.07. The molecule has 1 fully saturated rings. The lowest BCUT2D eigenvalue weighted by Crippen LogP contribution is -2.40. The highest BCUT2D eigenvalue weighted by Crippen LogP contribution is 2.24. The Morgan fingerprint density at radius 2 is 2.08 bits per heavy atom. The van der Waals surface area contributed by atoms with E-state index in [-0.39, 0.29) is 5.91 Å². The molecule has 2 aromatic heterocycles. The number of rotatable bonds is 5. The maximum atomic E-state index is 12.5. The van der Waals surface area contributed by atoms with Gasteiger partial charge in [-0.2, -0.15) is 0 Å². The zero-order valence-corrected chi connectivity index (χ0v) is 14.9. The third kappa shape index (κ3) is 4.32. The van der Waals surface area contributed by atoms with Gasteiger partial charge in [0.1, 0.15) is 5.69 Å². The summed E-state index contributed by atoms with van der Waals surface area (Å²) >= 11 is 0. The Labute approximate surface area is 148 Å². The number of anilines is 1. The molecule has 0 radical (unpaired) electrons. The van der Waals surface area contributed by atoms with Crippen molar-refractivity contribution in [3.05, 3.63) is 47.5 Å². The molecule has 0 spiro atoms. The highest BCUT2D eigenvalue weighted by Gasteiger charge is 2.24. The number of aryl methyl sites for hydroxylation is 1. The molecule has 3 rings (SSSR count). The number of hydrogen-bond donors (Lipinski definition) is 1. The Kier molecular flexibility index (Phi) is 5.58. The molecule has 3 heterocycles. The first kappa shape index (κ1) is 17.3. The maximum Gasteiger partial charge on any atom is 0.270 e. The number of piperidine rings is 1. The van der Waals surface area contributed by atoms with Gasteiger partial charge in [0.05, 0.1) is 0 Å². The van der Waals surface area contributed by atoms with E-state index in [9.17, 15) is 4.79 Å². The summed E-state index contributed by atoms with van der Waals surface area (Å²) in [5.74, 6) is 0.509. The standard InChI is InChI=1S/C19H25N5O/c1-3-16-6-4-5-11-24(16)19-22-14(2)12-17(23-19)18(25)21-13-15-7-9-20-10-8-15/h7-10,12,16H,3-6,11,13H2,1-2H3,(H,21,25). The van der Waals surface area contributed by atoms with Gasteiger partial charge < -0.3 is 10.2 Å². The van der Waals surface area contributed by atoms with Crippen molar-refractivity contribution in [1.29, 1.82) is 0 Å². The van der Waals surface area contributed by atoms with Crippen LogP contribution in [-0.2, 0) is 6.54 Å². The molecule has 6 nitrogen and oxygen atoms in total. The topological polar surface area (TPSA) is 71.0 Å². The van der Waals surface area contributed by atoms with Crippen molar-refractivity contribution in [2.24, 2.45) is 0 Å². The molecule has 1 aliphatic rings. The van der Waals surface area contributed by atoms with Crippen molar-refractivity contribution in [2.45, 2.75) is 52.1 Å². The number of aromatic nitrogens is 3. The molecule has 1 saturated heterocycles. The summed E-state index contributed by atoms with van der Waals surface area (Å²) in [4.78, 5) is 27.9. The van der Waals surface area contributed by atoms with E-state index in [1.54, 1.807) is 18.5 Å². The van der Waals surface area contributed by atoms with Gasteiger partial charge in [0.15, 0.2) is 0 Å². The van der Waals surface area contributed by atoms with Crippen LogP contribution < -0.4 is 10.2 Å². The number of nitrogens with one attached hydrogen (secondary N) is 1. The van der Waals surface area contributed by atoms with Gasteiger partial charge in [0.2, 0.25) is 5.95 Å². The Morgan fingerprint density at radius 3 is 2.84 bits per heavy atom. The second-order valence-corrected chi connectivity index (χ2v) is 6.48. The Bertz CT molecular complexity index is 719. The second-order valence-electron chi connectivity index (χ2n) is 6.48. The zero-order chi connectivity index (χ0) is 17.6. The monoisotopic (exact) mass is 339 g/mol. The lowest BCUT2D eigenvalue weighted by molar-refractivity contribution is 0.0945. The van der Waals surface area contributed by atoms with Crippen LogP contribution in [0.2, 0.25) is 0 Å². The summed E-state index contributed by atoms with van der Waals surface area (Å²) in [5.41, 5.74) is 2.26. The Hall–Kier alpha value is -2.50. The molecule has 0 bridgehead atoms. The van der Waals surface area contributed by atoms with Crippen LogP contribution in [0.4, 0.5) is 5.95 Å². The molecular weight excluding hydrogens is 314 g/mol. The first-order chi connectivity index (χ1) is 12.2. The molecule has 132 valence electrons. The fourth-order valence-corrected chi connectivity index (χ4v) is 3.26. The fraction of sp³-hybridized carbons (Fsp3) is 0.474. The summed E-state index contributed by atoms with van der Waals surface area (Å²) in [5, 5.41) is 2.92. The predicted molar refractivity (Wildman–Crippen MR) is 97.5 cm³/mol. The van der Waals surface area contributed by atoms with Crippen LogP contribution in [0.5, 0.6) is 0 Å². The first-order valence-corrected chi connectivity index (χ1v) is 8.97. The molecular formula is C19H25N5O. The summed E-state index contributed by atoms with van der Waals surface area (Å²) in [6.45, 7) is 5.53. The Morgan fingerprint density at radius 1 is 1.28 bits per heavy atom. The SMILES string of the molecule is CCC1CCCCN1c1nc(C)cc(C(=O)NCc2ccncc2)n1. The van der Waals surface area contributed by atoms with Crippen LogP contribution in [-0.4, -0.2) is 33.4 Å². The third-order valence-corrected chi connectivity index (χ3v) is 4.63. The van der Waals surface area contributed by atoms with E-state index in [2.05, 4.69) is 32.1 Å². The van der Waals surface area contributed by atoms with Gasteiger partial charge in [-0.05, 0) is 56.4 Å². The molecule has 1 amide bonds. The van der Waals surface area contributed by atoms with Crippen molar-refractivity contribution in [3.8, 4) is 0 Å². The number of hydrogen-bond acceptors (Lipinski definition) is 5. The van der Waals surface area contributed by atoms with Crippen molar-refractivity contribution in [1.82, 2.24) is 20.3 Å². The van der Waals surface area contributed by atoms with Crippen LogP contribution in [0.1, 0.15) is 54.4 Å². The van der Waals surface area contributed by atoms with Crippen LogP contribution in [0.3, 0.4) is 0 Å². The molecule has 2 aromatic rings. The van der Waals surface area contributed by atoms with Crippen molar-refractivity contribution in [2.75, 3.05) is 11.4 Å². The number of nitrogens with zero attached hydrogens (tertiary/aromatic N) is 4. The number of carbonyl (C=O) groups excluding carboxylic acids is 1. The van der Waals surface area contributed by atoms with Gasteiger partial charge in [-0.3, -0.25) is 9.78 Å². The quantitative estimate of drug-likeness (QED) is 0.907. The second kappa shape index (κ2) is 8.05. The van der Waals surface area contributed by atoms with Crippen LogP contribution in [0, 0.1) is 6.92 Å². The zero-order valence-electron chi connectivity index (χ0n) is 14.9. The van der Waals surface area contributed by atoms with Crippen LogP contribution >= 0.6 is 0 Å². The minimum atomic E-state index is -0.173. The first-order valence-electron chi connectivity index (χ1n) is 8.97. The minimum absolute atomic E-state index is 0.173. The van der Waals surface area contributed by atoms with Gasteiger partial charge in [-0.15, -0.1) is 0 Å². The molecule has 1 aliphatic heterocycles. The lowest BCUT2D eigenvalue weighted by Gasteiger charge is -2.35. The largest absolute Gasteiger partial charge is 0.347 e. The average molecular weight is 339 g/mol. The van der Waals surface area contributed by atoms with E-state index in [4.69, 9.17) is 0 Å². The Balaban J connectivity index is 1.75. The predicted octanol–water partition coefficient (Wildman–Crippen LogP) is 2.88. The van der Waals surface area contributed by atoms with Gasteiger partial charge in [-0.25, -0.2) is 9.97 Å². The molecule has 25 heavy (non-hydrogen) atoms. The van der Waals surface area contributed by atoms with E-state index in [0.29, 0.717) is 24.2 Å². The van der Waals surface area contributed by atoms with Crippen LogP contribution in [0.25, 0.3) is 0 Å². The number of carbonyl (C=O) groups is 1. The number of pyridine rings is 1. The van der Waals surface area contributed by atoms with Crippen molar-refractivity contribution in [3.63, 3.8) is 0 Å². The smallest absolute Gasteiger partial charge is 0.270 e. The summed E-state index contributed by atoms with van der Waals surface area (Å²) in [6, 6.07) is 5.98. The molecule has 0 aliphatic carbocycles. The maximum absolute atomic E-state index is 12.5. The number of amides is 1. The molecule has 6 heteroatoms.